The van der Waals surface area contributed by atoms with E-state index in [1.807, 2.05) is 24.3 Å². The molecule has 1 aromatic carbocycles. The van der Waals surface area contributed by atoms with Gasteiger partial charge in [0.15, 0.2) is 0 Å². The summed E-state index contributed by atoms with van der Waals surface area (Å²) in [5.74, 6) is -1.06. The van der Waals surface area contributed by atoms with Gasteiger partial charge in [-0.1, -0.05) is 28.1 Å². The highest BCUT2D eigenvalue weighted by Gasteiger charge is 2.17. The van der Waals surface area contributed by atoms with Gasteiger partial charge in [0, 0.05) is 16.3 Å². The van der Waals surface area contributed by atoms with Crippen molar-refractivity contribution in [3.05, 3.63) is 50.4 Å². The zero-order valence-corrected chi connectivity index (χ0v) is 11.7. The lowest BCUT2D eigenvalue weighted by molar-refractivity contribution is -0.138. The molecular formula is C12H11BrN2O2S. The summed E-state index contributed by atoms with van der Waals surface area (Å²) in [7, 11) is 0. The van der Waals surface area contributed by atoms with Crippen LogP contribution in [0.25, 0.3) is 0 Å². The molecule has 0 fully saturated rings. The maximum absolute atomic E-state index is 10.7. The molecule has 1 unspecified atom stereocenters. The summed E-state index contributed by atoms with van der Waals surface area (Å²) in [4.78, 5) is 15.0. The average molecular weight is 327 g/mol. The van der Waals surface area contributed by atoms with Crippen molar-refractivity contribution in [3.63, 3.8) is 0 Å². The maximum Gasteiger partial charge on any atom is 0.326 e. The number of hydrogen-bond donors (Lipinski definition) is 2. The van der Waals surface area contributed by atoms with Crippen molar-refractivity contribution in [3.8, 4) is 0 Å². The van der Waals surface area contributed by atoms with Gasteiger partial charge in [-0.05, 0) is 17.7 Å². The molecule has 0 saturated carbocycles. The summed E-state index contributed by atoms with van der Waals surface area (Å²) in [5, 5.41) is 11.4. The van der Waals surface area contributed by atoms with E-state index < -0.39 is 12.0 Å². The van der Waals surface area contributed by atoms with Gasteiger partial charge in [0.05, 0.1) is 10.7 Å². The second-order valence-electron chi connectivity index (χ2n) is 3.79. The van der Waals surface area contributed by atoms with Gasteiger partial charge >= 0.3 is 5.97 Å². The molecule has 0 spiro atoms. The molecule has 0 aliphatic heterocycles. The number of halogens is 1. The number of aromatic nitrogens is 1. The lowest BCUT2D eigenvalue weighted by atomic mass is 10.2. The molecular weight excluding hydrogens is 316 g/mol. The second-order valence-corrected chi connectivity index (χ2v) is 5.65. The topological polar surface area (TPSA) is 76.2 Å². The van der Waals surface area contributed by atoms with Crippen LogP contribution < -0.4 is 5.73 Å². The molecule has 1 heterocycles. The molecule has 18 heavy (non-hydrogen) atoms. The minimum absolute atomic E-state index is 0.414. The number of aliphatic carboxylic acids is 1. The first-order valence-electron chi connectivity index (χ1n) is 5.23. The Morgan fingerprint density at radius 1 is 1.56 bits per heavy atom. The Hall–Kier alpha value is -1.24. The van der Waals surface area contributed by atoms with Crippen LogP contribution in [0.3, 0.4) is 0 Å². The van der Waals surface area contributed by atoms with E-state index in [1.54, 1.807) is 5.38 Å². The number of carbonyl (C=O) groups is 1. The molecule has 1 atom stereocenters. The Bertz CT molecular complexity index is 571. The summed E-state index contributed by atoms with van der Waals surface area (Å²) in [5.41, 5.74) is 7.04. The van der Waals surface area contributed by atoms with Gasteiger partial charge in [-0.15, -0.1) is 11.3 Å². The third kappa shape index (κ3) is 3.16. The van der Waals surface area contributed by atoms with Crippen molar-refractivity contribution >= 4 is 33.2 Å². The van der Waals surface area contributed by atoms with Gasteiger partial charge in [0.2, 0.25) is 0 Å². The fourth-order valence-electron chi connectivity index (χ4n) is 1.50. The largest absolute Gasteiger partial charge is 0.480 e. The third-order valence-electron chi connectivity index (χ3n) is 2.40. The lowest BCUT2D eigenvalue weighted by Gasteiger charge is -2.01. The molecule has 0 amide bonds. The van der Waals surface area contributed by atoms with Crippen LogP contribution in [0, 0.1) is 0 Å². The number of benzene rings is 1. The minimum atomic E-state index is -1.06. The van der Waals surface area contributed by atoms with E-state index >= 15 is 0 Å². The van der Waals surface area contributed by atoms with E-state index in [4.69, 9.17) is 10.8 Å². The SMILES string of the molecule is NC(C(=O)O)c1csc(Cc2cccc(Br)c2)n1. The normalized spacial score (nSPS) is 12.3. The highest BCUT2D eigenvalue weighted by atomic mass is 79.9. The predicted octanol–water partition coefficient (Wildman–Crippen LogP) is 2.58. The monoisotopic (exact) mass is 326 g/mol. The third-order valence-corrected chi connectivity index (χ3v) is 3.76. The molecule has 0 saturated heterocycles. The molecule has 94 valence electrons. The van der Waals surface area contributed by atoms with E-state index in [1.165, 1.54) is 11.3 Å². The summed E-state index contributed by atoms with van der Waals surface area (Å²) in [6, 6.07) is 6.88. The Morgan fingerprint density at radius 2 is 2.33 bits per heavy atom. The van der Waals surface area contributed by atoms with Crippen molar-refractivity contribution in [2.45, 2.75) is 12.5 Å². The van der Waals surface area contributed by atoms with Crippen molar-refractivity contribution in [2.24, 2.45) is 5.73 Å². The first kappa shape index (κ1) is 13.2. The molecule has 0 aliphatic rings. The van der Waals surface area contributed by atoms with Gasteiger partial charge in [-0.25, -0.2) is 4.98 Å². The van der Waals surface area contributed by atoms with Crippen LogP contribution in [-0.4, -0.2) is 16.1 Å². The van der Waals surface area contributed by atoms with Crippen LogP contribution in [0.2, 0.25) is 0 Å². The standard InChI is InChI=1S/C12H11BrN2O2S/c13-8-3-1-2-7(4-8)5-10-15-9(6-18-10)11(14)12(16)17/h1-4,6,11H,5,14H2,(H,16,17). The Balaban J connectivity index is 2.14. The highest BCUT2D eigenvalue weighted by Crippen LogP contribution is 2.20. The highest BCUT2D eigenvalue weighted by molar-refractivity contribution is 9.10. The van der Waals surface area contributed by atoms with E-state index in [2.05, 4.69) is 20.9 Å². The van der Waals surface area contributed by atoms with E-state index in [0.29, 0.717) is 12.1 Å². The van der Waals surface area contributed by atoms with Gasteiger partial charge in [-0.3, -0.25) is 4.79 Å². The molecule has 0 radical (unpaired) electrons. The van der Waals surface area contributed by atoms with Crippen LogP contribution in [-0.2, 0) is 11.2 Å². The second kappa shape index (κ2) is 5.60. The maximum atomic E-state index is 10.7. The first-order chi connectivity index (χ1) is 8.56. The molecule has 6 heteroatoms. The van der Waals surface area contributed by atoms with Crippen molar-refractivity contribution in [1.29, 1.82) is 0 Å². The molecule has 1 aromatic heterocycles. The first-order valence-corrected chi connectivity index (χ1v) is 6.90. The van der Waals surface area contributed by atoms with Gasteiger partial charge in [0.1, 0.15) is 6.04 Å². The quantitative estimate of drug-likeness (QED) is 0.905. The average Bonchev–Trinajstić information content (AvgIpc) is 2.76. The van der Waals surface area contributed by atoms with E-state index in [9.17, 15) is 4.79 Å². The molecule has 3 N–H and O–H groups in total. The zero-order chi connectivity index (χ0) is 13.1. The van der Waals surface area contributed by atoms with Crippen LogP contribution >= 0.6 is 27.3 Å². The van der Waals surface area contributed by atoms with E-state index in [-0.39, 0.29) is 0 Å². The predicted molar refractivity (Wildman–Crippen MR) is 73.6 cm³/mol. The minimum Gasteiger partial charge on any atom is -0.480 e. The molecule has 0 bridgehead atoms. The van der Waals surface area contributed by atoms with E-state index in [0.717, 1.165) is 15.0 Å². The van der Waals surface area contributed by atoms with Gasteiger partial charge < -0.3 is 10.8 Å². The molecule has 2 aromatic rings. The Labute approximate surface area is 117 Å². The van der Waals surface area contributed by atoms with Crippen LogP contribution in [0.1, 0.15) is 22.3 Å². The number of hydrogen-bond acceptors (Lipinski definition) is 4. The molecule has 0 aliphatic carbocycles. The summed E-state index contributed by atoms with van der Waals surface area (Å²) < 4.78 is 1.01. The lowest BCUT2D eigenvalue weighted by Crippen LogP contribution is -2.20. The molecule has 4 nitrogen and oxygen atoms in total. The summed E-state index contributed by atoms with van der Waals surface area (Å²) in [6.45, 7) is 0. The number of thiazole rings is 1. The van der Waals surface area contributed by atoms with Crippen molar-refractivity contribution in [1.82, 2.24) is 4.98 Å². The number of carboxylic acid groups (broad SMARTS) is 1. The van der Waals surface area contributed by atoms with Crippen molar-refractivity contribution in [2.75, 3.05) is 0 Å². The van der Waals surface area contributed by atoms with Gasteiger partial charge in [-0.2, -0.15) is 0 Å². The number of carboxylic acids is 1. The van der Waals surface area contributed by atoms with Crippen molar-refractivity contribution < 1.29 is 9.90 Å². The Morgan fingerprint density at radius 3 is 3.00 bits per heavy atom. The summed E-state index contributed by atoms with van der Waals surface area (Å²) >= 11 is 4.83. The van der Waals surface area contributed by atoms with Crippen LogP contribution in [0.15, 0.2) is 34.1 Å². The Kier molecular flexibility index (Phi) is 4.11. The number of nitrogens with zero attached hydrogens (tertiary/aromatic N) is 1. The fraction of sp³-hybridized carbons (Fsp3) is 0.167. The van der Waals surface area contributed by atoms with Crippen LogP contribution in [0.4, 0.5) is 0 Å². The number of nitrogens with two attached hydrogens (primary N) is 1. The number of rotatable bonds is 4. The summed E-state index contributed by atoms with van der Waals surface area (Å²) in [6.07, 6.45) is 0.677. The molecule has 2 rings (SSSR count). The van der Waals surface area contributed by atoms with Gasteiger partial charge in [0.25, 0.3) is 0 Å². The zero-order valence-electron chi connectivity index (χ0n) is 9.34. The fourth-order valence-corrected chi connectivity index (χ4v) is 2.81. The van der Waals surface area contributed by atoms with Crippen LogP contribution in [0.5, 0.6) is 0 Å². The smallest absolute Gasteiger partial charge is 0.326 e.